The van der Waals surface area contributed by atoms with E-state index in [0.717, 1.165) is 29.7 Å². The quantitative estimate of drug-likeness (QED) is 0.806. The van der Waals surface area contributed by atoms with Crippen LogP contribution in [0.4, 0.5) is 5.69 Å². The Balaban J connectivity index is 2.17. The molecule has 1 aromatic rings. The molecule has 18 heavy (non-hydrogen) atoms. The van der Waals surface area contributed by atoms with Crippen molar-refractivity contribution in [1.29, 1.82) is 0 Å². The van der Waals surface area contributed by atoms with Crippen LogP contribution in [-0.2, 0) is 9.84 Å². The van der Waals surface area contributed by atoms with Gasteiger partial charge in [-0.3, -0.25) is 0 Å². The van der Waals surface area contributed by atoms with Crippen molar-refractivity contribution in [2.75, 3.05) is 16.8 Å². The summed E-state index contributed by atoms with van der Waals surface area (Å²) in [5.41, 5.74) is 2.63. The van der Waals surface area contributed by atoms with Gasteiger partial charge in [-0.15, -0.1) is 0 Å². The number of phenolic OH excluding ortho intramolecular Hbond substituents is 1. The molecule has 0 bridgehead atoms. The van der Waals surface area contributed by atoms with E-state index in [9.17, 15) is 13.5 Å². The van der Waals surface area contributed by atoms with Crippen LogP contribution >= 0.6 is 0 Å². The van der Waals surface area contributed by atoms with E-state index in [2.05, 4.69) is 5.32 Å². The minimum atomic E-state index is -2.90. The second kappa shape index (κ2) is 4.80. The van der Waals surface area contributed by atoms with E-state index in [1.54, 1.807) is 6.07 Å². The van der Waals surface area contributed by atoms with Crippen LogP contribution in [0.15, 0.2) is 12.1 Å². The number of anilines is 1. The second-order valence-corrected chi connectivity index (χ2v) is 7.28. The molecule has 1 aromatic carbocycles. The summed E-state index contributed by atoms with van der Waals surface area (Å²) < 4.78 is 23.2. The minimum Gasteiger partial charge on any atom is -0.508 e. The average Bonchev–Trinajstić information content (AvgIpc) is 2.24. The fourth-order valence-corrected chi connectivity index (χ4v) is 3.95. The zero-order chi connectivity index (χ0) is 13.3. The first-order valence-electron chi connectivity index (χ1n) is 6.14. The highest BCUT2D eigenvalue weighted by Crippen LogP contribution is 2.27. The third-order valence-electron chi connectivity index (χ3n) is 3.37. The maximum atomic E-state index is 11.6. The van der Waals surface area contributed by atoms with Crippen molar-refractivity contribution in [3.8, 4) is 5.75 Å². The number of rotatable bonds is 2. The smallest absolute Gasteiger partial charge is 0.152 e. The van der Waals surface area contributed by atoms with E-state index in [1.165, 1.54) is 0 Å². The number of hydrogen-bond donors (Lipinski definition) is 2. The standard InChI is InChI=1S/C13H19NO3S/c1-9-7-13(15)10(2)6-12(9)14-11-4-3-5-18(16,17)8-11/h6-7,11,14-15H,3-5,8H2,1-2H3. The predicted molar refractivity (Wildman–Crippen MR) is 72.9 cm³/mol. The second-order valence-electron chi connectivity index (χ2n) is 5.05. The summed E-state index contributed by atoms with van der Waals surface area (Å²) in [5, 5.41) is 12.9. The van der Waals surface area contributed by atoms with E-state index < -0.39 is 9.84 Å². The van der Waals surface area contributed by atoms with Gasteiger partial charge in [-0.2, -0.15) is 0 Å². The van der Waals surface area contributed by atoms with E-state index in [4.69, 9.17) is 0 Å². The highest BCUT2D eigenvalue weighted by atomic mass is 32.2. The van der Waals surface area contributed by atoms with Crippen LogP contribution in [0.5, 0.6) is 5.75 Å². The Bertz CT molecular complexity index is 552. The van der Waals surface area contributed by atoms with Crippen LogP contribution in [0.3, 0.4) is 0 Å². The van der Waals surface area contributed by atoms with Gasteiger partial charge in [-0.1, -0.05) is 0 Å². The molecule has 0 saturated carbocycles. The fourth-order valence-electron chi connectivity index (χ4n) is 2.31. The number of nitrogens with one attached hydrogen (secondary N) is 1. The molecule has 1 heterocycles. The van der Waals surface area contributed by atoms with Crippen molar-refractivity contribution >= 4 is 15.5 Å². The van der Waals surface area contributed by atoms with E-state index >= 15 is 0 Å². The zero-order valence-electron chi connectivity index (χ0n) is 10.7. The third-order valence-corrected chi connectivity index (χ3v) is 5.19. The number of phenols is 1. The Hall–Kier alpha value is -1.23. The molecule has 1 atom stereocenters. The van der Waals surface area contributed by atoms with Crippen molar-refractivity contribution in [3.63, 3.8) is 0 Å². The summed E-state index contributed by atoms with van der Waals surface area (Å²) in [6, 6.07) is 3.55. The van der Waals surface area contributed by atoms with Gasteiger partial charge in [-0.25, -0.2) is 8.42 Å². The van der Waals surface area contributed by atoms with Crippen molar-refractivity contribution < 1.29 is 13.5 Å². The van der Waals surface area contributed by atoms with Crippen LogP contribution in [0.1, 0.15) is 24.0 Å². The first-order chi connectivity index (χ1) is 8.37. The van der Waals surface area contributed by atoms with Gasteiger partial charge in [0.2, 0.25) is 0 Å². The Morgan fingerprint density at radius 1 is 1.28 bits per heavy atom. The summed E-state index contributed by atoms with van der Waals surface area (Å²) in [5.74, 6) is 0.778. The normalized spacial score (nSPS) is 22.7. The Morgan fingerprint density at radius 3 is 2.67 bits per heavy atom. The maximum absolute atomic E-state index is 11.6. The molecule has 100 valence electrons. The molecule has 1 fully saturated rings. The molecule has 1 aliphatic rings. The maximum Gasteiger partial charge on any atom is 0.152 e. The Morgan fingerprint density at radius 2 is 2.00 bits per heavy atom. The van der Waals surface area contributed by atoms with Crippen LogP contribution in [0.25, 0.3) is 0 Å². The molecule has 0 aromatic heterocycles. The average molecular weight is 269 g/mol. The predicted octanol–water partition coefficient (Wildman–Crippen LogP) is 2.00. The van der Waals surface area contributed by atoms with Gasteiger partial charge >= 0.3 is 0 Å². The summed E-state index contributed by atoms with van der Waals surface area (Å²) in [4.78, 5) is 0. The molecule has 1 unspecified atom stereocenters. The largest absolute Gasteiger partial charge is 0.508 e. The van der Waals surface area contributed by atoms with Crippen molar-refractivity contribution in [3.05, 3.63) is 23.3 Å². The van der Waals surface area contributed by atoms with Crippen molar-refractivity contribution in [1.82, 2.24) is 0 Å². The van der Waals surface area contributed by atoms with Gasteiger partial charge in [0.05, 0.1) is 11.5 Å². The van der Waals surface area contributed by atoms with Gasteiger partial charge in [0.15, 0.2) is 9.84 Å². The number of benzene rings is 1. The first-order valence-corrected chi connectivity index (χ1v) is 7.97. The molecule has 0 amide bonds. The van der Waals surface area contributed by atoms with Crippen LogP contribution in [0, 0.1) is 13.8 Å². The topological polar surface area (TPSA) is 66.4 Å². The lowest BCUT2D eigenvalue weighted by atomic mass is 10.1. The Kier molecular flexibility index (Phi) is 3.52. The van der Waals surface area contributed by atoms with E-state index in [-0.39, 0.29) is 17.5 Å². The molecule has 0 spiro atoms. The molecular weight excluding hydrogens is 250 g/mol. The van der Waals surface area contributed by atoms with Crippen LogP contribution in [0.2, 0.25) is 0 Å². The number of hydrogen-bond acceptors (Lipinski definition) is 4. The first kappa shape index (κ1) is 13.2. The van der Waals surface area contributed by atoms with Gasteiger partial charge in [0.1, 0.15) is 5.75 Å². The summed E-state index contributed by atoms with van der Waals surface area (Å²) in [6.45, 7) is 3.73. The van der Waals surface area contributed by atoms with E-state index in [0.29, 0.717) is 5.75 Å². The van der Waals surface area contributed by atoms with Crippen molar-refractivity contribution in [2.24, 2.45) is 0 Å². The van der Waals surface area contributed by atoms with Gasteiger partial charge in [-0.05, 0) is 49.9 Å². The van der Waals surface area contributed by atoms with Crippen LogP contribution < -0.4 is 5.32 Å². The molecule has 0 radical (unpaired) electrons. The zero-order valence-corrected chi connectivity index (χ0v) is 11.5. The summed E-state index contributed by atoms with van der Waals surface area (Å²) >= 11 is 0. The van der Waals surface area contributed by atoms with E-state index in [1.807, 2.05) is 19.9 Å². The lowest BCUT2D eigenvalue weighted by molar-refractivity contribution is 0.470. The highest BCUT2D eigenvalue weighted by Gasteiger charge is 2.24. The lowest BCUT2D eigenvalue weighted by Gasteiger charge is -2.25. The monoisotopic (exact) mass is 269 g/mol. The molecule has 5 heteroatoms. The fraction of sp³-hybridized carbons (Fsp3) is 0.538. The molecule has 1 saturated heterocycles. The number of sulfone groups is 1. The molecular formula is C13H19NO3S. The number of aryl methyl sites for hydroxylation is 2. The lowest BCUT2D eigenvalue weighted by Crippen LogP contribution is -2.35. The molecule has 0 aliphatic carbocycles. The summed E-state index contributed by atoms with van der Waals surface area (Å²) in [6.07, 6.45) is 1.59. The Labute approximate surface area is 108 Å². The molecule has 1 aliphatic heterocycles. The van der Waals surface area contributed by atoms with Crippen LogP contribution in [-0.4, -0.2) is 31.1 Å². The molecule has 4 nitrogen and oxygen atoms in total. The number of aromatic hydroxyl groups is 1. The molecule has 2 rings (SSSR count). The van der Waals surface area contributed by atoms with Gasteiger partial charge in [0.25, 0.3) is 0 Å². The summed E-state index contributed by atoms with van der Waals surface area (Å²) in [7, 11) is -2.90. The van der Waals surface area contributed by atoms with Crippen molar-refractivity contribution in [2.45, 2.75) is 32.7 Å². The highest BCUT2D eigenvalue weighted by molar-refractivity contribution is 7.91. The third kappa shape index (κ3) is 2.96. The van der Waals surface area contributed by atoms with Gasteiger partial charge < -0.3 is 10.4 Å². The molecule has 2 N–H and O–H groups in total. The SMILES string of the molecule is Cc1cc(NC2CCCS(=O)(=O)C2)c(C)cc1O. The van der Waals surface area contributed by atoms with Gasteiger partial charge in [0, 0.05) is 11.7 Å². The minimum absolute atomic E-state index is 0.0219.